The molecular weight excluding hydrogens is 671 g/mol. The highest BCUT2D eigenvalue weighted by Gasteiger charge is 2.74. The highest BCUT2D eigenvalue weighted by Crippen LogP contribution is 2.62. The third kappa shape index (κ3) is 4.99. The lowest BCUT2D eigenvalue weighted by Crippen LogP contribution is -2.32. The summed E-state index contributed by atoms with van der Waals surface area (Å²) in [4.78, 5) is 56.2. The average molecular weight is 693 g/mol. The Morgan fingerprint density at radius 3 is 2.64 bits per heavy atom. The molecule has 0 aromatic carbocycles. The molecule has 3 aliphatic rings. The Balaban J connectivity index is 1.10. The number of ether oxygens (including phenoxy) is 2. The number of imidazole rings is 2. The van der Waals surface area contributed by atoms with Crippen LogP contribution in [0, 0.1) is 0 Å². The first-order valence-corrected chi connectivity index (χ1v) is 17.6. The Kier molecular flexibility index (Phi) is 7.26. The molecule has 24 heteroatoms. The quantitative estimate of drug-likeness (QED) is 0.0972. The normalized spacial score (nSPS) is 33.1. The van der Waals surface area contributed by atoms with Crippen molar-refractivity contribution in [2.24, 2.45) is 0 Å². The highest BCUT2D eigenvalue weighted by molar-refractivity contribution is 8.39. The van der Waals surface area contributed by atoms with Gasteiger partial charge in [-0.05, 0) is 16.4 Å². The standard InChI is InChI=1S/C20H20FN9O10P2S2/c21-8-6(2-36-41(34)43)37-18(30-5-26-10-15(30)27-19(22)28-17(10)32)11(8)39-42(35,44)40-13-12-20(13,33)1-7(38-12)29-4-25-9-14(29)23-3-24-16(9)31/h3-8,11-13,18,33H,1-2H2,(H5-,22,23,24,27,28,31,32,34,35,43,44)/p+1/t6-,7-,8-,11-,12-,13?,18-,20+,42?/m1/s1. The predicted molar refractivity (Wildman–Crippen MR) is 152 cm³/mol. The molecule has 3 fully saturated rings. The van der Waals surface area contributed by atoms with Gasteiger partial charge in [-0.3, -0.25) is 32.8 Å². The molecule has 0 radical (unpaired) electrons. The SMILES string of the molecule is Nc1nc2c(ncn2[C@@H]2O[C@H](CO[P+](=O)S)[C@@H](F)[C@H]2OP(O)(=S)OC2[C@H]3O[C@@H](n4cnc5c(=O)[nH]cnc54)C[C@@]23O)c(=O)[nH]1. The molecule has 2 aliphatic heterocycles. The van der Waals surface area contributed by atoms with Gasteiger partial charge in [0.1, 0.15) is 55.1 Å². The lowest BCUT2D eigenvalue weighted by Gasteiger charge is -2.26. The Bertz CT molecular complexity index is 1970. The Morgan fingerprint density at radius 2 is 1.93 bits per heavy atom. The fourth-order valence-corrected chi connectivity index (χ4v) is 7.63. The molecular formula is C20H21FN9O10P2S2+. The molecule has 4 aromatic heterocycles. The number of nitrogens with one attached hydrogen (secondary N) is 2. The Hall–Kier alpha value is -2.75. The molecule has 234 valence electrons. The van der Waals surface area contributed by atoms with Crippen molar-refractivity contribution in [2.75, 3.05) is 12.3 Å². The van der Waals surface area contributed by atoms with Crippen LogP contribution < -0.4 is 16.9 Å². The summed E-state index contributed by atoms with van der Waals surface area (Å²) in [6.45, 7) is -4.86. The summed E-state index contributed by atoms with van der Waals surface area (Å²) in [7, 11) is -2.41. The second-order valence-electron chi connectivity index (χ2n) is 10.1. The van der Waals surface area contributed by atoms with Gasteiger partial charge >= 0.3 is 13.9 Å². The topological polar surface area (TPSA) is 257 Å². The number of halogens is 1. The smallest absolute Gasteiger partial charge is 0.384 e. The third-order valence-corrected chi connectivity index (χ3v) is 9.71. The van der Waals surface area contributed by atoms with Crippen LogP contribution in [0.1, 0.15) is 18.9 Å². The fraction of sp³-hybridized carbons (Fsp3) is 0.500. The first kappa shape index (κ1) is 29.9. The number of alkyl halides is 1. The zero-order valence-electron chi connectivity index (χ0n) is 21.7. The van der Waals surface area contributed by atoms with Gasteiger partial charge in [-0.25, -0.2) is 19.3 Å². The fourth-order valence-electron chi connectivity index (χ4n) is 5.42. The summed E-state index contributed by atoms with van der Waals surface area (Å²) in [5.74, 6) is -0.253. The van der Waals surface area contributed by atoms with Gasteiger partial charge in [-0.1, -0.05) is 0 Å². The van der Waals surface area contributed by atoms with Crippen molar-refractivity contribution in [1.82, 2.24) is 39.0 Å². The minimum absolute atomic E-state index is 0.0392. The van der Waals surface area contributed by atoms with E-state index in [1.54, 1.807) is 0 Å². The number of hydrogen-bond acceptors (Lipinski definition) is 15. The van der Waals surface area contributed by atoms with Crippen LogP contribution in [0.2, 0.25) is 0 Å². The van der Waals surface area contributed by atoms with Crippen molar-refractivity contribution >= 4 is 66.3 Å². The minimum Gasteiger partial charge on any atom is -0.384 e. The number of rotatable bonds is 9. The van der Waals surface area contributed by atoms with Crippen molar-refractivity contribution in [3.8, 4) is 0 Å². The molecule has 2 saturated heterocycles. The summed E-state index contributed by atoms with van der Waals surface area (Å²) >= 11 is 8.84. The molecule has 1 saturated carbocycles. The number of H-pyrrole nitrogens is 2. The molecule has 44 heavy (non-hydrogen) atoms. The van der Waals surface area contributed by atoms with E-state index in [0.29, 0.717) is 0 Å². The number of aliphatic hydroxyl groups is 1. The number of thiol groups is 1. The zero-order valence-corrected chi connectivity index (χ0v) is 25.2. The van der Waals surface area contributed by atoms with Gasteiger partial charge in [0, 0.05) is 6.42 Å². The van der Waals surface area contributed by atoms with Crippen molar-refractivity contribution < 1.29 is 42.0 Å². The second kappa shape index (κ2) is 10.7. The maximum atomic E-state index is 15.8. The zero-order chi connectivity index (χ0) is 31.1. The van der Waals surface area contributed by atoms with Crippen LogP contribution in [0.3, 0.4) is 0 Å². The van der Waals surface area contributed by atoms with Gasteiger partial charge in [0.05, 0.1) is 19.0 Å². The summed E-state index contributed by atoms with van der Waals surface area (Å²) in [5.41, 5.74) is 3.06. The largest absolute Gasteiger partial charge is 0.582 e. The van der Waals surface area contributed by atoms with Gasteiger partial charge in [0.15, 0.2) is 34.7 Å². The maximum Gasteiger partial charge on any atom is 0.582 e. The Labute approximate surface area is 254 Å². The summed E-state index contributed by atoms with van der Waals surface area (Å²) in [5, 5.41) is 11.2. The van der Waals surface area contributed by atoms with E-state index in [9.17, 15) is 24.2 Å². The molecule has 1 aliphatic carbocycles. The number of hydrogen-bond donors (Lipinski definition) is 6. The number of nitrogen functional groups attached to an aromatic ring is 1. The minimum atomic E-state index is -4.34. The van der Waals surface area contributed by atoms with Gasteiger partial charge < -0.3 is 30.2 Å². The van der Waals surface area contributed by atoms with E-state index >= 15 is 4.39 Å². The Morgan fingerprint density at radius 1 is 1.20 bits per heavy atom. The number of nitrogens with two attached hydrogens (primary N) is 1. The van der Waals surface area contributed by atoms with Crippen molar-refractivity contribution in [3.63, 3.8) is 0 Å². The maximum absolute atomic E-state index is 15.8. The second-order valence-corrected chi connectivity index (χ2v) is 14.6. The van der Waals surface area contributed by atoms with E-state index in [0.717, 1.165) is 10.9 Å². The first-order valence-electron chi connectivity index (χ1n) is 12.6. The van der Waals surface area contributed by atoms with E-state index in [1.807, 2.05) is 0 Å². The molecule has 6 N–H and O–H groups in total. The number of fused-ring (bicyclic) bond motifs is 3. The molecule has 3 unspecified atom stereocenters. The summed E-state index contributed by atoms with van der Waals surface area (Å²) in [6.07, 6.45) is -5.73. The van der Waals surface area contributed by atoms with Crippen LogP contribution in [0.4, 0.5) is 10.3 Å². The highest BCUT2D eigenvalue weighted by atomic mass is 32.7. The van der Waals surface area contributed by atoms with E-state index in [1.165, 1.54) is 17.2 Å². The van der Waals surface area contributed by atoms with Crippen LogP contribution in [0.5, 0.6) is 0 Å². The lowest BCUT2D eigenvalue weighted by atomic mass is 10.1. The van der Waals surface area contributed by atoms with E-state index in [-0.39, 0.29) is 34.7 Å². The van der Waals surface area contributed by atoms with Gasteiger partial charge in [0.25, 0.3) is 11.1 Å². The van der Waals surface area contributed by atoms with E-state index in [4.69, 9.17) is 40.6 Å². The molecule has 4 aromatic rings. The van der Waals surface area contributed by atoms with Crippen LogP contribution in [-0.4, -0.2) is 91.8 Å². The van der Waals surface area contributed by atoms with Gasteiger partial charge in [-0.15, -0.1) is 4.52 Å². The number of nitrogens with zero attached hydrogens (tertiary/aromatic N) is 6. The van der Waals surface area contributed by atoms with Crippen molar-refractivity contribution in [2.45, 2.75) is 55.1 Å². The van der Waals surface area contributed by atoms with Crippen LogP contribution in [0.25, 0.3) is 22.3 Å². The number of aromatic amines is 2. The molecule has 0 spiro atoms. The monoisotopic (exact) mass is 692 g/mol. The first-order chi connectivity index (χ1) is 20.9. The lowest BCUT2D eigenvalue weighted by molar-refractivity contribution is -0.0465. The molecule has 6 heterocycles. The molecule has 0 bridgehead atoms. The molecule has 7 rings (SSSR count). The molecule has 0 amide bonds. The summed E-state index contributed by atoms with van der Waals surface area (Å²) < 4.78 is 57.6. The number of anilines is 1. The van der Waals surface area contributed by atoms with Crippen LogP contribution in [0.15, 0.2) is 28.6 Å². The average Bonchev–Trinajstić information content (AvgIpc) is 3.52. The summed E-state index contributed by atoms with van der Waals surface area (Å²) in [6, 6.07) is 0. The van der Waals surface area contributed by atoms with Gasteiger partial charge in [-0.2, -0.15) is 4.98 Å². The van der Waals surface area contributed by atoms with Crippen molar-refractivity contribution in [1.29, 1.82) is 0 Å². The van der Waals surface area contributed by atoms with Gasteiger partial charge in [0.2, 0.25) is 5.95 Å². The van der Waals surface area contributed by atoms with Crippen molar-refractivity contribution in [3.05, 3.63) is 39.7 Å². The van der Waals surface area contributed by atoms with Crippen LogP contribution in [-0.2, 0) is 39.4 Å². The van der Waals surface area contributed by atoms with E-state index < -0.39 is 80.3 Å². The third-order valence-electron chi connectivity index (χ3n) is 7.47. The van der Waals surface area contributed by atoms with E-state index in [2.05, 4.69) is 42.2 Å². The number of aromatic nitrogens is 8. The molecule has 10 atom stereocenters. The van der Waals surface area contributed by atoms with Crippen LogP contribution >= 0.6 is 26.2 Å². The molecule has 19 nitrogen and oxygen atoms in total. The predicted octanol–water partition coefficient (Wildman–Crippen LogP) is -0.306.